The zero-order valence-electron chi connectivity index (χ0n) is 21.9. The smallest absolute Gasteiger partial charge is 0.295 e. The minimum atomic E-state index is -0.876. The van der Waals surface area contributed by atoms with Crippen molar-refractivity contribution in [3.05, 3.63) is 89.0 Å². The van der Waals surface area contributed by atoms with Gasteiger partial charge >= 0.3 is 0 Å². The van der Waals surface area contributed by atoms with E-state index in [4.69, 9.17) is 18.9 Å². The van der Waals surface area contributed by atoms with Crippen molar-refractivity contribution in [2.45, 2.75) is 19.4 Å². The summed E-state index contributed by atoms with van der Waals surface area (Å²) >= 11 is 0. The maximum Gasteiger partial charge on any atom is 0.295 e. The van der Waals surface area contributed by atoms with Crippen molar-refractivity contribution in [2.24, 2.45) is 0 Å². The van der Waals surface area contributed by atoms with Gasteiger partial charge in [-0.05, 0) is 60.9 Å². The molecule has 1 aliphatic heterocycles. The third-order valence-corrected chi connectivity index (χ3v) is 6.47. The van der Waals surface area contributed by atoms with Gasteiger partial charge in [-0.15, -0.1) is 0 Å². The standard InChI is InChI=1S/C30H31NO7/c1-5-38-22-13-11-20(12-14-22)27(32)25-26(21-17-23(35-2)29(37-4)24(18-21)36-3)31(30(34)28(25)33)16-15-19-9-7-6-8-10-19/h6-14,17-18,26,32H,5,15-16H2,1-4H3. The molecule has 0 aliphatic carbocycles. The fourth-order valence-electron chi connectivity index (χ4n) is 4.64. The van der Waals surface area contributed by atoms with Crippen LogP contribution in [-0.2, 0) is 16.0 Å². The molecule has 0 bridgehead atoms. The molecule has 1 amide bonds. The average molecular weight is 518 g/mol. The Hall–Kier alpha value is -4.46. The molecule has 1 heterocycles. The fourth-order valence-corrected chi connectivity index (χ4v) is 4.64. The Morgan fingerprint density at radius 3 is 2.08 bits per heavy atom. The van der Waals surface area contributed by atoms with Gasteiger partial charge in [0.15, 0.2) is 11.5 Å². The molecule has 8 heteroatoms. The minimum Gasteiger partial charge on any atom is -0.507 e. The molecular formula is C30H31NO7. The van der Waals surface area contributed by atoms with Crippen LogP contribution in [0, 0.1) is 0 Å². The van der Waals surface area contributed by atoms with Crippen LogP contribution < -0.4 is 18.9 Å². The predicted molar refractivity (Wildman–Crippen MR) is 143 cm³/mol. The second-order valence-electron chi connectivity index (χ2n) is 8.64. The largest absolute Gasteiger partial charge is 0.507 e. The lowest BCUT2D eigenvalue weighted by molar-refractivity contribution is -0.139. The molecule has 1 fully saturated rings. The van der Waals surface area contributed by atoms with Gasteiger partial charge in [-0.25, -0.2) is 0 Å². The SMILES string of the molecule is CCOc1ccc(C(O)=C2C(=O)C(=O)N(CCc3ccccc3)C2c2cc(OC)c(OC)c(OC)c2)cc1. The molecule has 1 aliphatic rings. The molecule has 3 aromatic carbocycles. The zero-order valence-corrected chi connectivity index (χ0v) is 21.9. The van der Waals surface area contributed by atoms with E-state index < -0.39 is 17.7 Å². The van der Waals surface area contributed by atoms with Crippen LogP contribution in [0.25, 0.3) is 5.76 Å². The molecule has 198 valence electrons. The van der Waals surface area contributed by atoms with Gasteiger partial charge < -0.3 is 29.0 Å². The molecule has 4 rings (SSSR count). The molecule has 1 atom stereocenters. The van der Waals surface area contributed by atoms with E-state index in [9.17, 15) is 14.7 Å². The highest BCUT2D eigenvalue weighted by atomic mass is 16.5. The Kier molecular flexibility index (Phi) is 8.21. The lowest BCUT2D eigenvalue weighted by Gasteiger charge is -2.26. The summed E-state index contributed by atoms with van der Waals surface area (Å²) < 4.78 is 22.0. The van der Waals surface area contributed by atoms with Crippen LogP contribution in [0.2, 0.25) is 0 Å². The summed E-state index contributed by atoms with van der Waals surface area (Å²) in [5.41, 5.74) is 1.94. The number of Topliss-reactive ketones (excluding diaryl/α,β-unsaturated/α-hetero) is 1. The Morgan fingerprint density at radius 1 is 0.895 bits per heavy atom. The van der Waals surface area contributed by atoms with E-state index in [0.29, 0.717) is 47.2 Å². The summed E-state index contributed by atoms with van der Waals surface area (Å²) in [5.74, 6) is 0.0379. The van der Waals surface area contributed by atoms with Gasteiger partial charge in [-0.2, -0.15) is 0 Å². The number of hydrogen-bond acceptors (Lipinski definition) is 7. The highest BCUT2D eigenvalue weighted by Gasteiger charge is 2.46. The Morgan fingerprint density at radius 2 is 1.53 bits per heavy atom. The number of benzene rings is 3. The van der Waals surface area contributed by atoms with Crippen LogP contribution >= 0.6 is 0 Å². The van der Waals surface area contributed by atoms with E-state index in [1.807, 2.05) is 37.3 Å². The van der Waals surface area contributed by atoms with E-state index in [2.05, 4.69) is 0 Å². The normalized spacial score (nSPS) is 16.4. The summed E-state index contributed by atoms with van der Waals surface area (Å²) in [7, 11) is 4.48. The third-order valence-electron chi connectivity index (χ3n) is 6.47. The van der Waals surface area contributed by atoms with Crippen LogP contribution in [0.1, 0.15) is 29.7 Å². The Balaban J connectivity index is 1.85. The molecule has 1 N–H and O–H groups in total. The first-order valence-electron chi connectivity index (χ1n) is 12.3. The molecule has 0 saturated carbocycles. The molecule has 1 unspecified atom stereocenters. The van der Waals surface area contributed by atoms with Crippen molar-refractivity contribution < 1.29 is 33.6 Å². The molecule has 8 nitrogen and oxygen atoms in total. The van der Waals surface area contributed by atoms with Crippen molar-refractivity contribution in [1.82, 2.24) is 4.90 Å². The number of nitrogens with zero attached hydrogens (tertiary/aromatic N) is 1. The number of rotatable bonds is 10. The summed E-state index contributed by atoms with van der Waals surface area (Å²) in [5, 5.41) is 11.4. The first kappa shape index (κ1) is 26.6. The molecular weight excluding hydrogens is 486 g/mol. The van der Waals surface area contributed by atoms with Crippen molar-refractivity contribution in [3.8, 4) is 23.0 Å². The monoisotopic (exact) mass is 517 g/mol. The first-order valence-corrected chi connectivity index (χ1v) is 12.3. The van der Waals surface area contributed by atoms with Crippen molar-refractivity contribution in [3.63, 3.8) is 0 Å². The van der Waals surface area contributed by atoms with E-state index in [1.165, 1.54) is 26.2 Å². The minimum absolute atomic E-state index is 0.0125. The van der Waals surface area contributed by atoms with Gasteiger partial charge in [0.25, 0.3) is 11.7 Å². The van der Waals surface area contributed by atoms with Crippen LogP contribution in [0.4, 0.5) is 0 Å². The number of carbonyl (C=O) groups excluding carboxylic acids is 2. The van der Waals surface area contributed by atoms with Crippen LogP contribution in [0.3, 0.4) is 0 Å². The van der Waals surface area contributed by atoms with Gasteiger partial charge in [-0.1, -0.05) is 30.3 Å². The number of amides is 1. The van der Waals surface area contributed by atoms with Gasteiger partial charge in [0.1, 0.15) is 11.5 Å². The Labute approximate surface area is 222 Å². The summed E-state index contributed by atoms with van der Waals surface area (Å²) in [6.45, 7) is 2.64. The third kappa shape index (κ3) is 5.16. The second kappa shape index (κ2) is 11.7. The molecule has 3 aromatic rings. The van der Waals surface area contributed by atoms with Gasteiger partial charge in [0, 0.05) is 12.1 Å². The molecule has 1 saturated heterocycles. The van der Waals surface area contributed by atoms with E-state index in [1.54, 1.807) is 36.4 Å². The van der Waals surface area contributed by atoms with Crippen molar-refractivity contribution in [1.29, 1.82) is 0 Å². The average Bonchev–Trinajstić information content (AvgIpc) is 3.21. The number of hydrogen-bond donors (Lipinski definition) is 1. The maximum absolute atomic E-state index is 13.4. The quantitative estimate of drug-likeness (QED) is 0.235. The number of ketones is 1. The van der Waals surface area contributed by atoms with Crippen molar-refractivity contribution in [2.75, 3.05) is 34.5 Å². The number of aliphatic hydroxyl groups excluding tert-OH is 1. The van der Waals surface area contributed by atoms with E-state index in [0.717, 1.165) is 5.56 Å². The predicted octanol–water partition coefficient (Wildman–Crippen LogP) is 4.78. The highest BCUT2D eigenvalue weighted by molar-refractivity contribution is 6.46. The van der Waals surface area contributed by atoms with E-state index in [-0.39, 0.29) is 17.9 Å². The molecule has 0 spiro atoms. The van der Waals surface area contributed by atoms with Gasteiger partial charge in [0.2, 0.25) is 5.75 Å². The lowest BCUT2D eigenvalue weighted by Crippen LogP contribution is -2.31. The first-order chi connectivity index (χ1) is 18.4. The van der Waals surface area contributed by atoms with Crippen molar-refractivity contribution >= 4 is 17.4 Å². The topological polar surface area (TPSA) is 94.5 Å². The Bertz CT molecular complexity index is 1310. The van der Waals surface area contributed by atoms with Gasteiger partial charge in [-0.3, -0.25) is 9.59 Å². The number of methoxy groups -OCH3 is 3. The van der Waals surface area contributed by atoms with E-state index >= 15 is 0 Å². The van der Waals surface area contributed by atoms with Crippen LogP contribution in [0.15, 0.2) is 72.3 Å². The van der Waals surface area contributed by atoms with Crippen LogP contribution in [0.5, 0.6) is 23.0 Å². The summed E-state index contributed by atoms with van der Waals surface area (Å²) in [4.78, 5) is 28.2. The van der Waals surface area contributed by atoms with Crippen LogP contribution in [-0.4, -0.2) is 56.2 Å². The maximum atomic E-state index is 13.4. The second-order valence-corrected chi connectivity index (χ2v) is 8.64. The lowest BCUT2D eigenvalue weighted by atomic mass is 9.94. The number of ether oxygens (including phenoxy) is 4. The fraction of sp³-hybridized carbons (Fsp3) is 0.267. The highest BCUT2D eigenvalue weighted by Crippen LogP contribution is 2.45. The van der Waals surface area contributed by atoms with Gasteiger partial charge in [0.05, 0.1) is 39.6 Å². The zero-order chi connectivity index (χ0) is 27.2. The molecule has 0 radical (unpaired) electrons. The molecule has 0 aromatic heterocycles. The number of aliphatic hydroxyl groups is 1. The summed E-state index contributed by atoms with van der Waals surface area (Å²) in [6.07, 6.45) is 0.526. The molecule has 38 heavy (non-hydrogen) atoms. The summed E-state index contributed by atoms with van der Waals surface area (Å²) in [6, 6.07) is 18.9. The number of likely N-dealkylation sites (tertiary alicyclic amines) is 1. The number of carbonyl (C=O) groups is 2.